The Morgan fingerprint density at radius 2 is 2.21 bits per heavy atom. The minimum atomic E-state index is 0.116. The molecule has 2 heterocycles. The van der Waals surface area contributed by atoms with Gasteiger partial charge in [-0.1, -0.05) is 18.2 Å². The second kappa shape index (κ2) is 5.80. The highest BCUT2D eigenvalue weighted by Gasteiger charge is 2.21. The van der Waals surface area contributed by atoms with Crippen LogP contribution in [-0.2, 0) is 11.2 Å². The predicted molar refractivity (Wildman–Crippen MR) is 80.7 cm³/mol. The number of rotatable bonds is 3. The molecule has 0 bridgehead atoms. The van der Waals surface area contributed by atoms with E-state index in [1.807, 2.05) is 34.7 Å². The monoisotopic (exact) mass is 289 g/mol. The fourth-order valence-corrected chi connectivity index (χ4v) is 4.11. The van der Waals surface area contributed by atoms with Gasteiger partial charge in [-0.3, -0.25) is 4.79 Å². The Bertz CT molecular complexity index is 565. The highest BCUT2D eigenvalue weighted by atomic mass is 32.2. The third-order valence-electron chi connectivity index (χ3n) is 3.24. The van der Waals surface area contributed by atoms with E-state index in [-0.39, 0.29) is 11.9 Å². The van der Waals surface area contributed by atoms with Crippen molar-refractivity contribution in [3.8, 4) is 0 Å². The molecule has 1 aliphatic rings. The van der Waals surface area contributed by atoms with Crippen LogP contribution in [0, 0.1) is 0 Å². The third kappa shape index (κ3) is 3.01. The van der Waals surface area contributed by atoms with E-state index in [0.29, 0.717) is 6.42 Å². The molecule has 0 fully saturated rings. The lowest BCUT2D eigenvalue weighted by molar-refractivity contribution is -0.121. The van der Waals surface area contributed by atoms with E-state index >= 15 is 0 Å². The lowest BCUT2D eigenvalue weighted by atomic mass is 10.0. The Labute approximate surface area is 121 Å². The molecule has 1 atom stereocenters. The van der Waals surface area contributed by atoms with E-state index in [4.69, 9.17) is 0 Å². The van der Waals surface area contributed by atoms with Crippen molar-refractivity contribution in [1.29, 1.82) is 0 Å². The van der Waals surface area contributed by atoms with E-state index in [9.17, 15) is 4.79 Å². The van der Waals surface area contributed by atoms with Gasteiger partial charge in [0.25, 0.3) is 0 Å². The molecule has 1 N–H and O–H groups in total. The average molecular weight is 289 g/mol. The summed E-state index contributed by atoms with van der Waals surface area (Å²) in [7, 11) is 0. The summed E-state index contributed by atoms with van der Waals surface area (Å²) in [6.45, 7) is 0. The van der Waals surface area contributed by atoms with Crippen molar-refractivity contribution in [2.24, 2.45) is 0 Å². The van der Waals surface area contributed by atoms with Gasteiger partial charge in [-0.2, -0.15) is 11.3 Å². The molecule has 1 amide bonds. The van der Waals surface area contributed by atoms with Crippen LogP contribution >= 0.6 is 23.1 Å². The van der Waals surface area contributed by atoms with Crippen molar-refractivity contribution in [2.45, 2.75) is 23.8 Å². The summed E-state index contributed by atoms with van der Waals surface area (Å²) in [5.74, 6) is 1.19. The van der Waals surface area contributed by atoms with Gasteiger partial charge < -0.3 is 5.32 Å². The molecule has 1 unspecified atom stereocenters. The smallest absolute Gasteiger partial charge is 0.224 e. The molecule has 19 heavy (non-hydrogen) atoms. The minimum absolute atomic E-state index is 0.116. The molecule has 0 saturated heterocycles. The van der Waals surface area contributed by atoms with Crippen LogP contribution < -0.4 is 5.32 Å². The van der Waals surface area contributed by atoms with Gasteiger partial charge in [-0.15, -0.1) is 11.8 Å². The Kier molecular flexibility index (Phi) is 3.89. The van der Waals surface area contributed by atoms with Crippen molar-refractivity contribution >= 4 is 29.0 Å². The molecule has 0 radical (unpaired) electrons. The van der Waals surface area contributed by atoms with E-state index in [0.717, 1.165) is 17.7 Å². The maximum absolute atomic E-state index is 12.1. The molecule has 3 rings (SSSR count). The highest BCUT2D eigenvalue weighted by Crippen LogP contribution is 2.35. The number of thiophene rings is 1. The number of fused-ring (bicyclic) bond motifs is 1. The summed E-state index contributed by atoms with van der Waals surface area (Å²) < 4.78 is 0. The average Bonchev–Trinajstić information content (AvgIpc) is 2.92. The standard InChI is InChI=1S/C15H15NOS2/c17-15(9-11-5-7-18-10-11)16-13-6-8-19-14-4-2-1-3-12(13)14/h1-5,7,10,13H,6,8-9H2,(H,16,17). The zero-order chi connectivity index (χ0) is 13.1. The van der Waals surface area contributed by atoms with E-state index in [1.54, 1.807) is 11.3 Å². The summed E-state index contributed by atoms with van der Waals surface area (Å²) >= 11 is 3.51. The molecular weight excluding hydrogens is 274 g/mol. The number of hydrogen-bond donors (Lipinski definition) is 1. The predicted octanol–water partition coefficient (Wildman–Crippen LogP) is 3.64. The summed E-state index contributed by atoms with van der Waals surface area (Å²) in [5, 5.41) is 7.21. The maximum atomic E-state index is 12.1. The fraction of sp³-hybridized carbons (Fsp3) is 0.267. The van der Waals surface area contributed by atoms with Crippen molar-refractivity contribution in [3.05, 3.63) is 52.2 Å². The third-order valence-corrected chi connectivity index (χ3v) is 5.09. The second-order valence-corrected chi connectivity index (χ2v) is 6.52. The number of hydrogen-bond acceptors (Lipinski definition) is 3. The van der Waals surface area contributed by atoms with Gasteiger partial charge in [-0.25, -0.2) is 0 Å². The first kappa shape index (κ1) is 12.8. The minimum Gasteiger partial charge on any atom is -0.349 e. The van der Waals surface area contributed by atoms with Crippen LogP contribution in [-0.4, -0.2) is 11.7 Å². The molecule has 0 spiro atoms. The summed E-state index contributed by atoms with van der Waals surface area (Å²) in [6.07, 6.45) is 1.49. The van der Waals surface area contributed by atoms with Crippen LogP contribution in [0.1, 0.15) is 23.6 Å². The number of carbonyl (C=O) groups is 1. The van der Waals surface area contributed by atoms with E-state index in [1.165, 1.54) is 10.5 Å². The molecule has 1 aromatic carbocycles. The summed E-state index contributed by atoms with van der Waals surface area (Å²) in [4.78, 5) is 13.4. The van der Waals surface area contributed by atoms with E-state index < -0.39 is 0 Å². The second-order valence-electron chi connectivity index (χ2n) is 4.60. The van der Waals surface area contributed by atoms with Crippen LogP contribution in [0.15, 0.2) is 46.0 Å². The molecule has 98 valence electrons. The Morgan fingerprint density at radius 1 is 1.32 bits per heavy atom. The number of thioether (sulfide) groups is 1. The lowest BCUT2D eigenvalue weighted by Crippen LogP contribution is -2.31. The van der Waals surface area contributed by atoms with Crippen LogP contribution in [0.3, 0.4) is 0 Å². The SMILES string of the molecule is O=C(Cc1ccsc1)NC1CCSc2ccccc21. The van der Waals surface area contributed by atoms with Crippen LogP contribution in [0.5, 0.6) is 0 Å². The van der Waals surface area contributed by atoms with Crippen molar-refractivity contribution < 1.29 is 4.79 Å². The van der Waals surface area contributed by atoms with Gasteiger partial charge in [0, 0.05) is 10.6 Å². The van der Waals surface area contributed by atoms with Gasteiger partial charge in [0.05, 0.1) is 12.5 Å². The zero-order valence-corrected chi connectivity index (χ0v) is 12.1. The number of amides is 1. The fourth-order valence-electron chi connectivity index (χ4n) is 2.32. The van der Waals surface area contributed by atoms with Crippen LogP contribution in [0.25, 0.3) is 0 Å². The van der Waals surface area contributed by atoms with Gasteiger partial charge in [-0.05, 0) is 40.4 Å². The summed E-state index contributed by atoms with van der Waals surface area (Å²) in [5.41, 5.74) is 2.36. The van der Waals surface area contributed by atoms with Gasteiger partial charge >= 0.3 is 0 Å². The Balaban J connectivity index is 1.69. The van der Waals surface area contributed by atoms with E-state index in [2.05, 4.69) is 23.5 Å². The quantitative estimate of drug-likeness (QED) is 0.934. The normalized spacial score (nSPS) is 17.8. The summed E-state index contributed by atoms with van der Waals surface area (Å²) in [6, 6.07) is 10.5. The van der Waals surface area contributed by atoms with Crippen molar-refractivity contribution in [1.82, 2.24) is 5.32 Å². The Morgan fingerprint density at radius 3 is 3.05 bits per heavy atom. The molecule has 0 saturated carbocycles. The maximum Gasteiger partial charge on any atom is 0.224 e. The molecular formula is C15H15NOS2. The van der Waals surface area contributed by atoms with Crippen LogP contribution in [0.4, 0.5) is 0 Å². The van der Waals surface area contributed by atoms with Gasteiger partial charge in [0.15, 0.2) is 0 Å². The Hall–Kier alpha value is -1.26. The zero-order valence-electron chi connectivity index (χ0n) is 10.5. The topological polar surface area (TPSA) is 29.1 Å². The number of benzene rings is 1. The van der Waals surface area contributed by atoms with Crippen LogP contribution in [0.2, 0.25) is 0 Å². The first-order valence-corrected chi connectivity index (χ1v) is 8.28. The molecule has 0 aliphatic carbocycles. The molecule has 2 aromatic rings. The largest absolute Gasteiger partial charge is 0.349 e. The van der Waals surface area contributed by atoms with Gasteiger partial charge in [0.1, 0.15) is 0 Å². The molecule has 2 nitrogen and oxygen atoms in total. The number of nitrogens with one attached hydrogen (secondary N) is 1. The van der Waals surface area contributed by atoms with Crippen molar-refractivity contribution in [3.63, 3.8) is 0 Å². The highest BCUT2D eigenvalue weighted by molar-refractivity contribution is 7.99. The van der Waals surface area contributed by atoms with Crippen molar-refractivity contribution in [2.75, 3.05) is 5.75 Å². The lowest BCUT2D eigenvalue weighted by Gasteiger charge is -2.25. The molecule has 1 aromatic heterocycles. The molecule has 4 heteroatoms. The first-order valence-electron chi connectivity index (χ1n) is 6.35. The first-order chi connectivity index (χ1) is 9.33. The molecule has 1 aliphatic heterocycles. The number of carbonyl (C=O) groups excluding carboxylic acids is 1. The van der Waals surface area contributed by atoms with Gasteiger partial charge in [0.2, 0.25) is 5.91 Å².